The van der Waals surface area contributed by atoms with Crippen molar-refractivity contribution in [2.24, 2.45) is 0 Å². The lowest BCUT2D eigenvalue weighted by molar-refractivity contribution is -0.138. The first-order chi connectivity index (χ1) is 6.66. The quantitative estimate of drug-likeness (QED) is 0.381. The van der Waals surface area contributed by atoms with Gasteiger partial charge in [0.1, 0.15) is 0 Å². The van der Waals surface area contributed by atoms with Gasteiger partial charge in [-0.3, -0.25) is 4.79 Å². The van der Waals surface area contributed by atoms with Gasteiger partial charge in [-0.1, -0.05) is 0 Å². The fourth-order valence-corrected chi connectivity index (χ4v) is 1.21. The summed E-state index contributed by atoms with van der Waals surface area (Å²) in [6, 6.07) is 4.73. The molecule has 0 spiro atoms. The van der Waals surface area contributed by atoms with Crippen molar-refractivity contribution in [2.75, 3.05) is 6.61 Å². The largest absolute Gasteiger partial charge is 0.478 e. The van der Waals surface area contributed by atoms with Crippen LogP contribution in [0.1, 0.15) is 17.3 Å². The summed E-state index contributed by atoms with van der Waals surface area (Å²) in [4.78, 5) is 21.9. The van der Waals surface area contributed by atoms with Crippen LogP contribution in [-0.2, 0) is 4.79 Å². The Morgan fingerprint density at radius 3 is 2.86 bits per heavy atom. The molecule has 14 heavy (non-hydrogen) atoms. The maximum Gasteiger partial charge on any atom is 0.349 e. The predicted octanol–water partition coefficient (Wildman–Crippen LogP) is 1.19. The number of rotatable bonds is 1. The minimum Gasteiger partial charge on any atom is -0.478 e. The van der Waals surface area contributed by atoms with Gasteiger partial charge in [0.05, 0.1) is 0 Å². The zero-order chi connectivity index (χ0) is 10.1. The molecule has 1 aliphatic rings. The normalized spacial score (nSPS) is 13.9. The average molecular weight is 192 g/mol. The van der Waals surface area contributed by atoms with Crippen molar-refractivity contribution >= 4 is 11.8 Å². The maximum atomic E-state index is 11.0. The Kier molecular flexibility index (Phi) is 1.96. The molecule has 2 rings (SSSR count). The number of carbonyl (C=O) groups is 2. The zero-order valence-corrected chi connectivity index (χ0v) is 7.57. The van der Waals surface area contributed by atoms with Crippen molar-refractivity contribution in [3.8, 4) is 11.5 Å². The third-order valence-corrected chi connectivity index (χ3v) is 1.92. The number of benzene rings is 1. The smallest absolute Gasteiger partial charge is 0.349 e. The van der Waals surface area contributed by atoms with Gasteiger partial charge in [0.2, 0.25) is 0 Å². The maximum absolute atomic E-state index is 11.0. The summed E-state index contributed by atoms with van der Waals surface area (Å²) >= 11 is 0. The highest BCUT2D eigenvalue weighted by Crippen LogP contribution is 2.31. The van der Waals surface area contributed by atoms with E-state index in [1.807, 2.05) is 0 Å². The first-order valence-corrected chi connectivity index (χ1v) is 4.15. The van der Waals surface area contributed by atoms with Crippen LogP contribution in [0.3, 0.4) is 0 Å². The molecular weight excluding hydrogens is 184 g/mol. The SMILES string of the molecule is CC(=O)c1ccc2c(c1)OCC(=O)O2. The Balaban J connectivity index is 2.41. The second-order valence-electron chi connectivity index (χ2n) is 2.98. The molecule has 0 fully saturated rings. The molecule has 0 N–H and O–H groups in total. The van der Waals surface area contributed by atoms with Gasteiger partial charge in [-0.15, -0.1) is 0 Å². The minimum absolute atomic E-state index is 0.0479. The van der Waals surface area contributed by atoms with Crippen LogP contribution in [0.4, 0.5) is 0 Å². The van der Waals surface area contributed by atoms with Crippen molar-refractivity contribution in [1.29, 1.82) is 0 Å². The number of esters is 1. The molecular formula is C10H8O4. The Morgan fingerprint density at radius 1 is 1.36 bits per heavy atom. The number of ether oxygens (including phenoxy) is 2. The molecule has 0 aliphatic carbocycles. The molecule has 1 aromatic carbocycles. The molecule has 0 amide bonds. The predicted molar refractivity (Wildman–Crippen MR) is 47.6 cm³/mol. The topological polar surface area (TPSA) is 52.6 Å². The van der Waals surface area contributed by atoms with Gasteiger partial charge in [0.25, 0.3) is 0 Å². The van der Waals surface area contributed by atoms with Crippen LogP contribution in [0.15, 0.2) is 18.2 Å². The van der Waals surface area contributed by atoms with Crippen LogP contribution in [0.2, 0.25) is 0 Å². The van der Waals surface area contributed by atoms with Crippen LogP contribution in [0.5, 0.6) is 11.5 Å². The molecule has 72 valence electrons. The average Bonchev–Trinajstić information content (AvgIpc) is 2.16. The highest BCUT2D eigenvalue weighted by Gasteiger charge is 2.18. The second-order valence-corrected chi connectivity index (χ2v) is 2.98. The summed E-state index contributed by atoms with van der Waals surface area (Å²) < 4.78 is 9.99. The Labute approximate surface area is 80.4 Å². The standard InChI is InChI=1S/C10H8O4/c1-6(11)7-2-3-8-9(4-7)13-5-10(12)14-8/h2-4H,5H2,1H3. The van der Waals surface area contributed by atoms with Crippen molar-refractivity contribution in [3.63, 3.8) is 0 Å². The van der Waals surface area contributed by atoms with Crippen molar-refractivity contribution in [2.45, 2.75) is 6.92 Å². The van der Waals surface area contributed by atoms with Gasteiger partial charge in [-0.05, 0) is 25.1 Å². The molecule has 0 saturated heterocycles. The third-order valence-electron chi connectivity index (χ3n) is 1.92. The van der Waals surface area contributed by atoms with Crippen LogP contribution in [0, 0.1) is 0 Å². The fraction of sp³-hybridized carbons (Fsp3) is 0.200. The van der Waals surface area contributed by atoms with Crippen LogP contribution >= 0.6 is 0 Å². The molecule has 0 unspecified atom stereocenters. The molecule has 4 heteroatoms. The van der Waals surface area contributed by atoms with Gasteiger partial charge in [0.15, 0.2) is 23.9 Å². The van der Waals surface area contributed by atoms with Crippen molar-refractivity contribution < 1.29 is 19.1 Å². The first-order valence-electron chi connectivity index (χ1n) is 4.15. The fourth-order valence-electron chi connectivity index (χ4n) is 1.21. The van der Waals surface area contributed by atoms with E-state index in [-0.39, 0.29) is 12.4 Å². The Bertz CT molecular complexity index is 409. The van der Waals surface area contributed by atoms with E-state index in [4.69, 9.17) is 9.47 Å². The van der Waals surface area contributed by atoms with E-state index < -0.39 is 5.97 Å². The number of hydrogen-bond acceptors (Lipinski definition) is 4. The lowest BCUT2D eigenvalue weighted by Crippen LogP contribution is -2.22. The van der Waals surface area contributed by atoms with Gasteiger partial charge in [0, 0.05) is 5.56 Å². The molecule has 0 radical (unpaired) electrons. The highest BCUT2D eigenvalue weighted by molar-refractivity contribution is 5.95. The van der Waals surface area contributed by atoms with Crippen LogP contribution in [0.25, 0.3) is 0 Å². The molecule has 0 atom stereocenters. The summed E-state index contributed by atoms with van der Waals surface area (Å²) in [5.74, 6) is 0.338. The molecule has 1 aromatic rings. The van der Waals surface area contributed by atoms with E-state index >= 15 is 0 Å². The molecule has 1 heterocycles. The minimum atomic E-state index is -0.423. The monoisotopic (exact) mass is 192 g/mol. The Hall–Kier alpha value is -1.84. The molecule has 0 saturated carbocycles. The van der Waals surface area contributed by atoms with E-state index in [9.17, 15) is 9.59 Å². The number of ketones is 1. The molecule has 1 aliphatic heterocycles. The highest BCUT2D eigenvalue weighted by atomic mass is 16.6. The Morgan fingerprint density at radius 2 is 2.14 bits per heavy atom. The summed E-state index contributed by atoms with van der Waals surface area (Å²) in [7, 11) is 0. The van der Waals surface area contributed by atoms with E-state index in [0.29, 0.717) is 17.1 Å². The second kappa shape index (κ2) is 3.14. The third kappa shape index (κ3) is 1.46. The number of fused-ring (bicyclic) bond motifs is 1. The van der Waals surface area contributed by atoms with Crippen LogP contribution < -0.4 is 9.47 Å². The van der Waals surface area contributed by atoms with Gasteiger partial charge in [-0.2, -0.15) is 0 Å². The van der Waals surface area contributed by atoms with E-state index in [1.54, 1.807) is 18.2 Å². The van der Waals surface area contributed by atoms with Crippen molar-refractivity contribution in [3.05, 3.63) is 23.8 Å². The molecule has 0 bridgehead atoms. The summed E-state index contributed by atoms with van der Waals surface area (Å²) in [6.45, 7) is 1.37. The number of Topliss-reactive ketones (excluding diaryl/α,β-unsaturated/α-hetero) is 1. The van der Waals surface area contributed by atoms with E-state index in [2.05, 4.69) is 0 Å². The molecule has 0 aromatic heterocycles. The van der Waals surface area contributed by atoms with Gasteiger partial charge >= 0.3 is 5.97 Å². The van der Waals surface area contributed by atoms with Gasteiger partial charge in [-0.25, -0.2) is 4.79 Å². The number of carbonyl (C=O) groups excluding carboxylic acids is 2. The van der Waals surface area contributed by atoms with E-state index in [1.165, 1.54) is 6.92 Å². The zero-order valence-electron chi connectivity index (χ0n) is 7.57. The van der Waals surface area contributed by atoms with Crippen molar-refractivity contribution in [1.82, 2.24) is 0 Å². The molecule has 4 nitrogen and oxygen atoms in total. The lowest BCUT2D eigenvalue weighted by Gasteiger charge is -2.16. The first kappa shape index (κ1) is 8.74. The van der Waals surface area contributed by atoms with Gasteiger partial charge < -0.3 is 9.47 Å². The summed E-state index contributed by atoms with van der Waals surface area (Å²) in [5.41, 5.74) is 0.543. The van der Waals surface area contributed by atoms with Crippen LogP contribution in [-0.4, -0.2) is 18.4 Å². The summed E-state index contributed by atoms with van der Waals surface area (Å²) in [5, 5.41) is 0. The summed E-state index contributed by atoms with van der Waals surface area (Å²) in [6.07, 6.45) is 0. The van der Waals surface area contributed by atoms with E-state index in [0.717, 1.165) is 0 Å². The number of hydrogen-bond donors (Lipinski definition) is 0. The lowest BCUT2D eigenvalue weighted by atomic mass is 10.1.